The molecule has 140 valence electrons. The molecule has 7 nitrogen and oxygen atoms in total. The van der Waals surface area contributed by atoms with E-state index in [0.29, 0.717) is 36.6 Å². The molecule has 27 heavy (non-hydrogen) atoms. The Morgan fingerprint density at radius 2 is 1.56 bits per heavy atom. The first-order chi connectivity index (χ1) is 13.0. The lowest BCUT2D eigenvalue weighted by Gasteiger charge is -2.38. The number of aromatic nitrogens is 2. The van der Waals surface area contributed by atoms with Crippen molar-refractivity contribution in [2.24, 2.45) is 5.41 Å². The van der Waals surface area contributed by atoms with Gasteiger partial charge in [0, 0.05) is 12.0 Å². The molecule has 0 bridgehead atoms. The monoisotopic (exact) mass is 384 g/mol. The molecule has 0 spiro atoms. The van der Waals surface area contributed by atoms with Crippen LogP contribution >= 0.6 is 0 Å². The van der Waals surface area contributed by atoms with Crippen molar-refractivity contribution in [2.45, 2.75) is 11.8 Å². The van der Waals surface area contributed by atoms with Crippen LogP contribution in [0.2, 0.25) is 0 Å². The van der Waals surface area contributed by atoms with E-state index >= 15 is 0 Å². The van der Waals surface area contributed by atoms with Gasteiger partial charge in [0.2, 0.25) is 0 Å². The third kappa shape index (κ3) is 3.72. The Kier molecular flexibility index (Phi) is 4.45. The van der Waals surface area contributed by atoms with Gasteiger partial charge in [0.1, 0.15) is 0 Å². The van der Waals surface area contributed by atoms with Gasteiger partial charge in [0.15, 0.2) is 11.6 Å². The van der Waals surface area contributed by atoms with Crippen molar-refractivity contribution >= 4 is 32.7 Å². The second-order valence-electron chi connectivity index (χ2n) is 6.99. The first kappa shape index (κ1) is 17.7. The lowest BCUT2D eigenvalue weighted by molar-refractivity contribution is -0.0924. The van der Waals surface area contributed by atoms with Gasteiger partial charge in [-0.15, -0.1) is 0 Å². The van der Waals surface area contributed by atoms with E-state index in [9.17, 15) is 8.42 Å². The Labute approximate surface area is 157 Å². The highest BCUT2D eigenvalue weighted by atomic mass is 32.2. The summed E-state index contributed by atoms with van der Waals surface area (Å²) in [6.07, 6.45) is 0. The number of nitrogens with zero attached hydrogens (tertiary/aromatic N) is 2. The summed E-state index contributed by atoms with van der Waals surface area (Å²) in [6.45, 7) is 4.03. The van der Waals surface area contributed by atoms with Crippen molar-refractivity contribution in [1.29, 1.82) is 0 Å². The van der Waals surface area contributed by atoms with E-state index < -0.39 is 10.0 Å². The number of para-hydroxylation sites is 2. The van der Waals surface area contributed by atoms with Crippen LogP contribution in [0.25, 0.3) is 11.0 Å². The van der Waals surface area contributed by atoms with Gasteiger partial charge in [-0.1, -0.05) is 37.3 Å². The van der Waals surface area contributed by atoms with Crippen LogP contribution in [0.5, 0.6) is 0 Å². The summed E-state index contributed by atoms with van der Waals surface area (Å²) in [6, 6.07) is 15.6. The van der Waals surface area contributed by atoms with Gasteiger partial charge < -0.3 is 10.1 Å². The maximum Gasteiger partial charge on any atom is 0.263 e. The molecule has 0 amide bonds. The summed E-state index contributed by atoms with van der Waals surface area (Å²) >= 11 is 0. The number of benzene rings is 2. The van der Waals surface area contributed by atoms with Crippen molar-refractivity contribution < 1.29 is 13.2 Å². The number of hydrogen-bond acceptors (Lipinski definition) is 6. The summed E-state index contributed by atoms with van der Waals surface area (Å²) in [5, 5.41) is 3.24. The summed E-state index contributed by atoms with van der Waals surface area (Å²) in [4.78, 5) is 9.23. The van der Waals surface area contributed by atoms with Gasteiger partial charge in [-0.2, -0.15) is 0 Å². The van der Waals surface area contributed by atoms with Crippen molar-refractivity contribution in [1.82, 2.24) is 9.97 Å². The van der Waals surface area contributed by atoms with Crippen LogP contribution in [0.1, 0.15) is 6.92 Å². The van der Waals surface area contributed by atoms with E-state index in [1.807, 2.05) is 18.2 Å². The number of fused-ring (bicyclic) bond motifs is 1. The third-order valence-electron chi connectivity index (χ3n) is 4.44. The molecule has 1 aliphatic heterocycles. The maximum atomic E-state index is 12.7. The summed E-state index contributed by atoms with van der Waals surface area (Å²) in [5.74, 6) is 0.586. The molecule has 8 heteroatoms. The quantitative estimate of drug-likeness (QED) is 0.679. The van der Waals surface area contributed by atoms with Crippen LogP contribution in [0, 0.1) is 5.41 Å². The zero-order valence-electron chi connectivity index (χ0n) is 14.8. The molecule has 1 aliphatic rings. The summed E-state index contributed by atoms with van der Waals surface area (Å²) in [5.41, 5.74) is 1.31. The fourth-order valence-electron chi connectivity index (χ4n) is 2.83. The zero-order chi connectivity index (χ0) is 18.9. The Bertz CT molecular complexity index is 1070. The molecule has 0 atom stereocenters. The molecule has 0 radical (unpaired) electrons. The molecule has 3 aromatic rings. The van der Waals surface area contributed by atoms with Gasteiger partial charge >= 0.3 is 0 Å². The Hall–Kier alpha value is -2.71. The van der Waals surface area contributed by atoms with E-state index in [4.69, 9.17) is 4.74 Å². The predicted molar refractivity (Wildman–Crippen MR) is 104 cm³/mol. The summed E-state index contributed by atoms with van der Waals surface area (Å²) < 4.78 is 33.3. The number of anilines is 2. The van der Waals surface area contributed by atoms with Crippen molar-refractivity contribution in [2.75, 3.05) is 29.8 Å². The highest BCUT2D eigenvalue weighted by molar-refractivity contribution is 7.92. The molecule has 2 heterocycles. The molecular formula is C19H20N4O3S. The molecule has 0 saturated carbocycles. The van der Waals surface area contributed by atoms with E-state index in [0.717, 1.165) is 0 Å². The second-order valence-corrected chi connectivity index (χ2v) is 8.67. The van der Waals surface area contributed by atoms with Crippen molar-refractivity contribution in [3.8, 4) is 0 Å². The molecule has 1 aromatic heterocycles. The van der Waals surface area contributed by atoms with Gasteiger partial charge in [0.05, 0.1) is 29.1 Å². The number of sulfonamides is 1. The number of hydrogen-bond donors (Lipinski definition) is 2. The fourth-order valence-corrected chi connectivity index (χ4v) is 3.86. The number of ether oxygens (including phenoxy) is 1. The van der Waals surface area contributed by atoms with Crippen LogP contribution < -0.4 is 10.0 Å². The Morgan fingerprint density at radius 3 is 2.15 bits per heavy atom. The molecule has 4 rings (SSSR count). The largest absolute Gasteiger partial charge is 0.380 e. The van der Waals surface area contributed by atoms with Gasteiger partial charge in [-0.25, -0.2) is 18.4 Å². The lowest BCUT2D eigenvalue weighted by atomic mass is 9.89. The Balaban J connectivity index is 1.70. The first-order valence-corrected chi connectivity index (χ1v) is 10.1. The Morgan fingerprint density at radius 1 is 0.963 bits per heavy atom. The lowest BCUT2D eigenvalue weighted by Crippen LogP contribution is -2.45. The highest BCUT2D eigenvalue weighted by Gasteiger charge is 2.33. The fraction of sp³-hybridized carbons (Fsp3) is 0.263. The standard InChI is InChI=1S/C19H20N4O3S/c1-19(12-26-13-19)11-20-17-18(22-16-10-6-5-9-15(16)21-17)23-27(24,25)14-7-3-2-4-8-14/h2-10H,11-13H2,1H3,(H,20,21)(H,22,23). The van der Waals surface area contributed by atoms with Gasteiger partial charge in [-0.3, -0.25) is 4.72 Å². The van der Waals surface area contributed by atoms with E-state index in [1.54, 1.807) is 24.3 Å². The van der Waals surface area contributed by atoms with E-state index in [-0.39, 0.29) is 16.1 Å². The smallest absolute Gasteiger partial charge is 0.263 e. The predicted octanol–water partition coefficient (Wildman–Crippen LogP) is 2.88. The minimum Gasteiger partial charge on any atom is -0.380 e. The average Bonchev–Trinajstić information content (AvgIpc) is 2.65. The normalized spacial score (nSPS) is 15.9. The molecule has 0 aliphatic carbocycles. The highest BCUT2D eigenvalue weighted by Crippen LogP contribution is 2.29. The number of rotatable bonds is 6. The van der Waals surface area contributed by atoms with E-state index in [2.05, 4.69) is 26.9 Å². The summed E-state index contributed by atoms with van der Waals surface area (Å²) in [7, 11) is -3.77. The SMILES string of the molecule is CC1(CNc2nc3ccccc3nc2NS(=O)(=O)c2ccccc2)COC1. The minimum absolute atomic E-state index is 0.00288. The zero-order valence-corrected chi connectivity index (χ0v) is 15.7. The van der Waals surface area contributed by atoms with Crippen LogP contribution in [0.15, 0.2) is 59.5 Å². The topological polar surface area (TPSA) is 93.2 Å². The molecule has 2 N–H and O–H groups in total. The van der Waals surface area contributed by atoms with Crippen LogP contribution in [-0.2, 0) is 14.8 Å². The molecule has 1 saturated heterocycles. The number of nitrogens with one attached hydrogen (secondary N) is 2. The average molecular weight is 384 g/mol. The van der Waals surface area contributed by atoms with Gasteiger partial charge in [0.25, 0.3) is 10.0 Å². The van der Waals surface area contributed by atoms with Crippen LogP contribution in [-0.4, -0.2) is 38.1 Å². The molecule has 0 unspecified atom stereocenters. The third-order valence-corrected chi connectivity index (χ3v) is 5.79. The van der Waals surface area contributed by atoms with Crippen LogP contribution in [0.3, 0.4) is 0 Å². The van der Waals surface area contributed by atoms with E-state index in [1.165, 1.54) is 12.1 Å². The van der Waals surface area contributed by atoms with Crippen molar-refractivity contribution in [3.63, 3.8) is 0 Å². The first-order valence-electron chi connectivity index (χ1n) is 8.62. The van der Waals surface area contributed by atoms with Gasteiger partial charge in [-0.05, 0) is 24.3 Å². The van der Waals surface area contributed by atoms with Crippen LogP contribution in [0.4, 0.5) is 11.6 Å². The molecule has 2 aromatic carbocycles. The second kappa shape index (κ2) is 6.79. The van der Waals surface area contributed by atoms with Crippen molar-refractivity contribution in [3.05, 3.63) is 54.6 Å². The maximum absolute atomic E-state index is 12.7. The minimum atomic E-state index is -3.77. The molecular weight excluding hydrogens is 364 g/mol. The molecule has 1 fully saturated rings.